The summed E-state index contributed by atoms with van der Waals surface area (Å²) in [6.45, 7) is 6.27. The third-order valence-electron chi connectivity index (χ3n) is 5.79. The predicted octanol–water partition coefficient (Wildman–Crippen LogP) is 4.23. The van der Waals surface area contributed by atoms with E-state index < -0.39 is 21.9 Å². The summed E-state index contributed by atoms with van der Waals surface area (Å²) in [7, 11) is -2.46. The maximum Gasteiger partial charge on any atom is 0.329 e. The molecule has 0 unspecified atom stereocenters. The molecule has 1 aromatic carbocycles. The number of aromatic nitrogens is 4. The van der Waals surface area contributed by atoms with Crippen molar-refractivity contribution in [3.8, 4) is 11.1 Å². The minimum Gasteiger partial charge on any atom is -0.337 e. The van der Waals surface area contributed by atoms with E-state index in [9.17, 15) is 13.2 Å². The number of halogens is 1. The summed E-state index contributed by atoms with van der Waals surface area (Å²) < 4.78 is 47.3. The Kier molecular flexibility index (Phi) is 7.79. The van der Waals surface area contributed by atoms with Crippen LogP contribution in [0, 0.1) is 18.7 Å². The van der Waals surface area contributed by atoms with E-state index in [0.29, 0.717) is 35.5 Å². The van der Waals surface area contributed by atoms with Gasteiger partial charge in [-0.2, -0.15) is 0 Å². The van der Waals surface area contributed by atoms with Crippen LogP contribution in [0.3, 0.4) is 0 Å². The average Bonchev–Trinajstić information content (AvgIpc) is 3.54. The van der Waals surface area contributed by atoms with Crippen molar-refractivity contribution < 1.29 is 17.6 Å². The van der Waals surface area contributed by atoms with Crippen molar-refractivity contribution in [1.29, 1.82) is 0 Å². The molecular formula is C25H29FN6O3S2. The van der Waals surface area contributed by atoms with Gasteiger partial charge in [0.05, 0.1) is 13.1 Å². The zero-order chi connectivity index (χ0) is 26.7. The molecule has 196 valence electrons. The van der Waals surface area contributed by atoms with E-state index >= 15 is 4.39 Å². The molecule has 0 atom stereocenters. The molecule has 0 saturated carbocycles. The van der Waals surface area contributed by atoms with E-state index in [4.69, 9.17) is 0 Å². The largest absolute Gasteiger partial charge is 0.337 e. The number of amides is 2. The van der Waals surface area contributed by atoms with Crippen molar-refractivity contribution in [1.82, 2.24) is 29.1 Å². The lowest BCUT2D eigenvalue weighted by atomic mass is 10.0. The summed E-state index contributed by atoms with van der Waals surface area (Å²) in [5.74, 6) is 1.17. The number of thiophene rings is 1. The van der Waals surface area contributed by atoms with Crippen LogP contribution in [0.5, 0.6) is 0 Å². The number of carbonyl (C=O) groups is 1. The van der Waals surface area contributed by atoms with E-state index in [1.165, 1.54) is 6.07 Å². The van der Waals surface area contributed by atoms with Gasteiger partial charge in [0.25, 0.3) is 10.0 Å². The first-order chi connectivity index (χ1) is 17.5. The first-order valence-electron chi connectivity index (χ1n) is 11.7. The lowest BCUT2D eigenvalue weighted by Gasteiger charge is -2.11. The summed E-state index contributed by atoms with van der Waals surface area (Å²) in [5.41, 5.74) is 1.23. The van der Waals surface area contributed by atoms with Crippen LogP contribution < -0.4 is 10.0 Å². The van der Waals surface area contributed by atoms with Crippen molar-refractivity contribution in [2.24, 2.45) is 13.0 Å². The third kappa shape index (κ3) is 6.25. The topological polar surface area (TPSA) is 111 Å². The van der Waals surface area contributed by atoms with Gasteiger partial charge in [-0.25, -0.2) is 32.3 Å². The zero-order valence-corrected chi connectivity index (χ0v) is 22.7. The van der Waals surface area contributed by atoms with Crippen LogP contribution in [0.4, 0.5) is 9.18 Å². The Morgan fingerprint density at radius 3 is 2.54 bits per heavy atom. The van der Waals surface area contributed by atoms with Gasteiger partial charge in [0.1, 0.15) is 21.7 Å². The number of sulfonamides is 1. The highest BCUT2D eigenvalue weighted by Gasteiger charge is 2.26. The Balaban J connectivity index is 1.61. The minimum absolute atomic E-state index is 0.0344. The normalized spacial score (nSPS) is 11.7. The molecule has 0 spiro atoms. The highest BCUT2D eigenvalue weighted by molar-refractivity contribution is 7.92. The van der Waals surface area contributed by atoms with Crippen LogP contribution in [0.25, 0.3) is 11.1 Å². The minimum atomic E-state index is -4.23. The quantitative estimate of drug-likeness (QED) is 0.328. The van der Waals surface area contributed by atoms with Gasteiger partial charge in [0.2, 0.25) is 0 Å². The molecule has 4 rings (SSSR count). The fourth-order valence-electron chi connectivity index (χ4n) is 3.86. The number of rotatable bonds is 9. The van der Waals surface area contributed by atoms with Crippen LogP contribution in [0.1, 0.15) is 35.9 Å². The number of benzene rings is 1. The fourth-order valence-corrected chi connectivity index (χ4v) is 6.73. The fraction of sp³-hybridized carbons (Fsp3) is 0.320. The second kappa shape index (κ2) is 10.9. The van der Waals surface area contributed by atoms with E-state index in [-0.39, 0.29) is 16.7 Å². The number of hydrogen-bond donors (Lipinski definition) is 2. The van der Waals surface area contributed by atoms with Crippen LogP contribution in [0.15, 0.2) is 53.3 Å². The molecule has 0 radical (unpaired) electrons. The molecule has 12 heteroatoms. The van der Waals surface area contributed by atoms with Gasteiger partial charge in [-0.3, -0.25) is 0 Å². The molecule has 0 saturated heterocycles. The van der Waals surface area contributed by atoms with Gasteiger partial charge in [0.15, 0.2) is 0 Å². The van der Waals surface area contributed by atoms with Gasteiger partial charge in [-0.05, 0) is 37.0 Å². The number of urea groups is 1. The van der Waals surface area contributed by atoms with Crippen molar-refractivity contribution in [3.63, 3.8) is 0 Å². The third-order valence-corrected chi connectivity index (χ3v) is 8.81. The molecular weight excluding hydrogens is 515 g/mol. The van der Waals surface area contributed by atoms with Gasteiger partial charge in [0, 0.05) is 47.8 Å². The number of aryl methyl sites for hydroxylation is 2. The Hall–Kier alpha value is -3.51. The van der Waals surface area contributed by atoms with E-state index in [0.717, 1.165) is 22.0 Å². The summed E-state index contributed by atoms with van der Waals surface area (Å²) in [6, 6.07) is 5.58. The summed E-state index contributed by atoms with van der Waals surface area (Å²) in [6.07, 6.45) is 7.38. The Labute approximate surface area is 219 Å². The first-order valence-corrected chi connectivity index (χ1v) is 14.0. The van der Waals surface area contributed by atoms with Crippen molar-refractivity contribution >= 4 is 27.4 Å². The average molecular weight is 545 g/mol. The van der Waals surface area contributed by atoms with Gasteiger partial charge in [-0.15, -0.1) is 11.3 Å². The van der Waals surface area contributed by atoms with Crippen molar-refractivity contribution in [2.45, 2.75) is 44.5 Å². The maximum absolute atomic E-state index is 15.1. The second-order valence-corrected chi connectivity index (χ2v) is 12.2. The number of nitrogens with zero attached hydrogens (tertiary/aromatic N) is 4. The molecule has 0 fully saturated rings. The van der Waals surface area contributed by atoms with Gasteiger partial charge in [-0.1, -0.05) is 26.0 Å². The number of imidazole rings is 2. The molecule has 4 aromatic rings. The standard InChI is InChI=1S/C25H29FN6O3S2/c1-16(2)11-20-13-21(18-5-6-19(22(26)12-18)15-32-10-8-27-17(32)3)24(36-20)37(34,35)30-25(33)29-14-23-28-7-9-31(23)4/h5-10,12-13,16H,11,14-15H2,1-4H3,(H2,29,30,33). The van der Waals surface area contributed by atoms with Gasteiger partial charge < -0.3 is 14.5 Å². The maximum atomic E-state index is 15.1. The van der Waals surface area contributed by atoms with Crippen LogP contribution in [-0.2, 0) is 36.6 Å². The van der Waals surface area contributed by atoms with Gasteiger partial charge >= 0.3 is 6.03 Å². The van der Waals surface area contributed by atoms with Crippen LogP contribution in [0.2, 0.25) is 0 Å². The molecule has 2 N–H and O–H groups in total. The second-order valence-electron chi connectivity index (χ2n) is 9.16. The predicted molar refractivity (Wildman–Crippen MR) is 140 cm³/mol. The Morgan fingerprint density at radius 2 is 1.92 bits per heavy atom. The SMILES string of the molecule is Cc1nccn1Cc1ccc(-c2cc(CC(C)C)sc2S(=O)(=O)NC(=O)NCc2nccn2C)cc1F. The smallest absolute Gasteiger partial charge is 0.329 e. The molecule has 3 heterocycles. The lowest BCUT2D eigenvalue weighted by Crippen LogP contribution is -2.39. The summed E-state index contributed by atoms with van der Waals surface area (Å²) in [5, 5.41) is 2.52. The number of nitrogens with one attached hydrogen (secondary N) is 2. The zero-order valence-electron chi connectivity index (χ0n) is 21.0. The molecule has 0 bridgehead atoms. The lowest BCUT2D eigenvalue weighted by molar-refractivity contribution is 0.245. The highest BCUT2D eigenvalue weighted by Crippen LogP contribution is 2.37. The monoisotopic (exact) mass is 544 g/mol. The molecule has 2 amide bonds. The van der Waals surface area contributed by atoms with E-state index in [1.54, 1.807) is 54.6 Å². The summed E-state index contributed by atoms with van der Waals surface area (Å²) >= 11 is 1.08. The van der Waals surface area contributed by atoms with E-state index in [2.05, 4.69) is 20.0 Å². The van der Waals surface area contributed by atoms with Crippen LogP contribution in [-0.4, -0.2) is 33.6 Å². The highest BCUT2D eigenvalue weighted by atomic mass is 32.2. The number of carbonyl (C=O) groups excluding carboxylic acids is 1. The van der Waals surface area contributed by atoms with Crippen LogP contribution >= 0.6 is 11.3 Å². The molecule has 0 aliphatic heterocycles. The number of hydrogen-bond acceptors (Lipinski definition) is 6. The Morgan fingerprint density at radius 1 is 1.16 bits per heavy atom. The van der Waals surface area contributed by atoms with Crippen molar-refractivity contribution in [3.05, 3.63) is 77.0 Å². The molecule has 37 heavy (non-hydrogen) atoms. The van der Waals surface area contributed by atoms with Crippen molar-refractivity contribution in [2.75, 3.05) is 0 Å². The molecule has 0 aliphatic carbocycles. The molecule has 3 aromatic heterocycles. The first kappa shape index (κ1) is 26.6. The molecule has 9 nitrogen and oxygen atoms in total. The summed E-state index contributed by atoms with van der Waals surface area (Å²) in [4.78, 5) is 21.5. The van der Waals surface area contributed by atoms with E-state index in [1.807, 2.05) is 25.3 Å². The Bertz CT molecular complexity index is 1520. The molecule has 0 aliphatic rings.